The summed E-state index contributed by atoms with van der Waals surface area (Å²) in [7, 11) is 0. The fourth-order valence-electron chi connectivity index (χ4n) is 1.25. The molecule has 0 aliphatic carbocycles. The first kappa shape index (κ1) is 10.6. The first-order valence-electron chi connectivity index (χ1n) is 4.52. The van der Waals surface area contributed by atoms with Crippen molar-refractivity contribution in [3.8, 4) is 0 Å². The van der Waals surface area contributed by atoms with Crippen LogP contribution in [0.5, 0.6) is 0 Å². The number of aryl methyl sites for hydroxylation is 1. The zero-order chi connectivity index (χ0) is 10.7. The third-order valence-electron chi connectivity index (χ3n) is 2.05. The lowest BCUT2D eigenvalue weighted by Crippen LogP contribution is -1.97. The van der Waals surface area contributed by atoms with E-state index in [4.69, 9.17) is 0 Å². The summed E-state index contributed by atoms with van der Waals surface area (Å²) in [5.41, 5.74) is 2.50. The molecule has 2 aromatic rings. The lowest BCUT2D eigenvalue weighted by atomic mass is 10.1. The maximum Gasteiger partial charge on any atom is 0.130 e. The Labute approximate surface area is 101 Å². The molecule has 0 aliphatic rings. The number of nitrogens with zero attached hydrogens (tertiary/aromatic N) is 2. The summed E-state index contributed by atoms with van der Waals surface area (Å²) < 4.78 is 4.93. The zero-order valence-electron chi connectivity index (χ0n) is 8.20. The Balaban J connectivity index is 2.02. The Bertz CT molecular complexity index is 442. The standard InChI is InChI=1S/C10H10BrN3S/c1-7-4-8(2-3-9(7)11)5-12-10-6-13-14-15-10/h2-4,6,12H,5H2,1H3. The molecular formula is C10H10BrN3S. The summed E-state index contributed by atoms with van der Waals surface area (Å²) in [5, 5.41) is 8.03. The van der Waals surface area contributed by atoms with Gasteiger partial charge in [-0.2, -0.15) is 0 Å². The average molecular weight is 284 g/mol. The highest BCUT2D eigenvalue weighted by Gasteiger charge is 1.98. The third-order valence-corrected chi connectivity index (χ3v) is 3.56. The fraction of sp³-hybridized carbons (Fsp3) is 0.200. The number of hydrogen-bond donors (Lipinski definition) is 1. The van der Waals surface area contributed by atoms with Gasteiger partial charge in [0, 0.05) is 22.5 Å². The molecule has 0 bridgehead atoms. The molecule has 0 fully saturated rings. The van der Waals surface area contributed by atoms with Crippen molar-refractivity contribution in [2.75, 3.05) is 5.32 Å². The number of aromatic nitrogens is 2. The summed E-state index contributed by atoms with van der Waals surface area (Å²) in [5.74, 6) is 0. The Morgan fingerprint density at radius 1 is 1.47 bits per heavy atom. The smallest absolute Gasteiger partial charge is 0.130 e. The van der Waals surface area contributed by atoms with Crippen molar-refractivity contribution in [2.45, 2.75) is 13.5 Å². The molecule has 1 aromatic carbocycles. The van der Waals surface area contributed by atoms with E-state index in [-0.39, 0.29) is 0 Å². The molecule has 0 radical (unpaired) electrons. The van der Waals surface area contributed by atoms with Crippen LogP contribution in [0.1, 0.15) is 11.1 Å². The van der Waals surface area contributed by atoms with Crippen LogP contribution in [0, 0.1) is 6.92 Å². The van der Waals surface area contributed by atoms with Gasteiger partial charge in [-0.25, -0.2) is 0 Å². The predicted octanol–water partition coefficient (Wildman–Crippen LogP) is 3.22. The largest absolute Gasteiger partial charge is 0.370 e. The maximum atomic E-state index is 3.79. The number of benzene rings is 1. The van der Waals surface area contributed by atoms with E-state index in [0.717, 1.165) is 16.0 Å². The van der Waals surface area contributed by atoms with Gasteiger partial charge in [0.15, 0.2) is 0 Å². The lowest BCUT2D eigenvalue weighted by molar-refractivity contribution is 1.13. The molecule has 15 heavy (non-hydrogen) atoms. The topological polar surface area (TPSA) is 37.8 Å². The maximum absolute atomic E-state index is 3.79. The van der Waals surface area contributed by atoms with Gasteiger partial charge in [0.2, 0.25) is 0 Å². The minimum atomic E-state index is 0.804. The monoisotopic (exact) mass is 283 g/mol. The van der Waals surface area contributed by atoms with Crippen molar-refractivity contribution < 1.29 is 0 Å². The van der Waals surface area contributed by atoms with Crippen molar-refractivity contribution in [2.24, 2.45) is 0 Å². The van der Waals surface area contributed by atoms with E-state index in [1.165, 1.54) is 22.7 Å². The van der Waals surface area contributed by atoms with Gasteiger partial charge in [-0.1, -0.05) is 32.6 Å². The molecule has 2 rings (SSSR count). The van der Waals surface area contributed by atoms with Crippen LogP contribution in [0.15, 0.2) is 28.9 Å². The highest BCUT2D eigenvalue weighted by molar-refractivity contribution is 9.10. The Kier molecular flexibility index (Phi) is 3.33. The second kappa shape index (κ2) is 4.72. The van der Waals surface area contributed by atoms with Crippen LogP contribution in [0.2, 0.25) is 0 Å². The van der Waals surface area contributed by atoms with Gasteiger partial charge in [0.05, 0.1) is 6.20 Å². The van der Waals surface area contributed by atoms with E-state index < -0.39 is 0 Å². The van der Waals surface area contributed by atoms with E-state index in [1.54, 1.807) is 6.20 Å². The van der Waals surface area contributed by atoms with Gasteiger partial charge in [0.1, 0.15) is 5.00 Å². The molecule has 78 valence electrons. The van der Waals surface area contributed by atoms with E-state index in [1.807, 2.05) is 0 Å². The van der Waals surface area contributed by atoms with Gasteiger partial charge in [-0.05, 0) is 24.1 Å². The van der Waals surface area contributed by atoms with Crippen LogP contribution in [-0.2, 0) is 6.54 Å². The number of rotatable bonds is 3. The van der Waals surface area contributed by atoms with Crippen molar-refractivity contribution in [1.29, 1.82) is 0 Å². The summed E-state index contributed by atoms with van der Waals surface area (Å²) in [4.78, 5) is 0. The van der Waals surface area contributed by atoms with E-state index in [9.17, 15) is 0 Å². The third kappa shape index (κ3) is 2.76. The molecule has 0 saturated heterocycles. The zero-order valence-corrected chi connectivity index (χ0v) is 10.6. The molecule has 0 spiro atoms. The summed E-state index contributed by atoms with van der Waals surface area (Å²) in [6, 6.07) is 6.32. The molecule has 1 heterocycles. The van der Waals surface area contributed by atoms with Crippen molar-refractivity contribution in [3.05, 3.63) is 40.0 Å². The van der Waals surface area contributed by atoms with Crippen LogP contribution >= 0.6 is 27.5 Å². The second-order valence-corrected chi connectivity index (χ2v) is 4.86. The lowest BCUT2D eigenvalue weighted by Gasteiger charge is -2.05. The number of nitrogens with one attached hydrogen (secondary N) is 1. The Morgan fingerprint density at radius 3 is 3.00 bits per heavy atom. The first-order valence-corrected chi connectivity index (χ1v) is 6.08. The van der Waals surface area contributed by atoms with Crippen molar-refractivity contribution in [1.82, 2.24) is 9.59 Å². The fourth-order valence-corrected chi connectivity index (χ4v) is 1.91. The SMILES string of the molecule is Cc1cc(CNc2cnns2)ccc1Br. The molecular weight excluding hydrogens is 274 g/mol. The van der Waals surface area contributed by atoms with Crippen LogP contribution < -0.4 is 5.32 Å². The van der Waals surface area contributed by atoms with Gasteiger partial charge in [0.25, 0.3) is 0 Å². The summed E-state index contributed by atoms with van der Waals surface area (Å²) in [6.45, 7) is 2.89. The molecule has 5 heteroatoms. The van der Waals surface area contributed by atoms with E-state index in [0.29, 0.717) is 0 Å². The highest BCUT2D eigenvalue weighted by atomic mass is 79.9. The first-order chi connectivity index (χ1) is 7.25. The quantitative estimate of drug-likeness (QED) is 0.940. The average Bonchev–Trinajstić information content (AvgIpc) is 2.73. The van der Waals surface area contributed by atoms with E-state index in [2.05, 4.69) is 56.0 Å². The predicted molar refractivity (Wildman–Crippen MR) is 66.1 cm³/mol. The molecule has 0 aliphatic heterocycles. The molecule has 0 amide bonds. The number of halogens is 1. The summed E-state index contributed by atoms with van der Waals surface area (Å²) in [6.07, 6.45) is 1.73. The molecule has 0 atom stereocenters. The van der Waals surface area contributed by atoms with Gasteiger partial charge >= 0.3 is 0 Å². The van der Waals surface area contributed by atoms with Crippen LogP contribution in [0.3, 0.4) is 0 Å². The van der Waals surface area contributed by atoms with E-state index >= 15 is 0 Å². The minimum Gasteiger partial charge on any atom is -0.370 e. The van der Waals surface area contributed by atoms with Gasteiger partial charge in [-0.15, -0.1) is 5.10 Å². The van der Waals surface area contributed by atoms with Crippen molar-refractivity contribution in [3.63, 3.8) is 0 Å². The van der Waals surface area contributed by atoms with Crippen molar-refractivity contribution >= 4 is 32.5 Å². The summed E-state index contributed by atoms with van der Waals surface area (Å²) >= 11 is 4.85. The number of anilines is 1. The Hall–Kier alpha value is -0.940. The van der Waals surface area contributed by atoms with Crippen LogP contribution in [0.4, 0.5) is 5.00 Å². The Morgan fingerprint density at radius 2 is 2.33 bits per heavy atom. The van der Waals surface area contributed by atoms with Gasteiger partial charge < -0.3 is 5.32 Å². The molecule has 3 nitrogen and oxygen atoms in total. The molecule has 0 saturated carbocycles. The number of hydrogen-bond acceptors (Lipinski definition) is 4. The highest BCUT2D eigenvalue weighted by Crippen LogP contribution is 2.18. The van der Waals surface area contributed by atoms with Gasteiger partial charge in [-0.3, -0.25) is 0 Å². The normalized spacial score (nSPS) is 10.3. The molecule has 1 aromatic heterocycles. The minimum absolute atomic E-state index is 0.804. The van der Waals surface area contributed by atoms with Crippen LogP contribution in [0.25, 0.3) is 0 Å². The molecule has 1 N–H and O–H groups in total. The molecule has 0 unspecified atom stereocenters. The second-order valence-electron chi connectivity index (χ2n) is 3.22. The van der Waals surface area contributed by atoms with Crippen LogP contribution in [-0.4, -0.2) is 9.59 Å².